The van der Waals surface area contributed by atoms with Gasteiger partial charge in [-0.05, 0) is 41.0 Å². The molecule has 0 bridgehead atoms. The number of aliphatic hydroxyl groups excluding tert-OH is 1. The van der Waals surface area contributed by atoms with Crippen LogP contribution in [0.4, 0.5) is 11.4 Å². The molecule has 0 heterocycles. The van der Waals surface area contributed by atoms with E-state index in [9.17, 15) is 0 Å². The van der Waals surface area contributed by atoms with Crippen molar-refractivity contribution in [2.45, 2.75) is 6.61 Å². The molecule has 0 amide bonds. The summed E-state index contributed by atoms with van der Waals surface area (Å²) < 4.78 is 0. The first kappa shape index (κ1) is 14.4. The Morgan fingerprint density at radius 3 is 2.09 bits per heavy atom. The molecule has 0 atom stereocenters. The summed E-state index contributed by atoms with van der Waals surface area (Å²) in [5.74, 6) is 0. The minimum Gasteiger partial charge on any atom is -0.392 e. The first-order valence-corrected chi connectivity index (χ1v) is 7.37. The highest BCUT2D eigenvalue weighted by Gasteiger charge is 2.05. The summed E-state index contributed by atoms with van der Waals surface area (Å²) >= 11 is 0. The van der Waals surface area contributed by atoms with Crippen LogP contribution < -0.4 is 4.90 Å². The van der Waals surface area contributed by atoms with E-state index >= 15 is 0 Å². The number of hydrogen-bond acceptors (Lipinski definition) is 2. The fourth-order valence-corrected chi connectivity index (χ4v) is 2.50. The second kappa shape index (κ2) is 6.46. The number of hydrogen-bond donors (Lipinski definition) is 1. The lowest BCUT2D eigenvalue weighted by atomic mass is 10.0. The number of anilines is 2. The Kier molecular flexibility index (Phi) is 4.22. The maximum atomic E-state index is 9.13. The summed E-state index contributed by atoms with van der Waals surface area (Å²) in [6.45, 7) is 0.0769. The van der Waals surface area contributed by atoms with Crippen molar-refractivity contribution in [2.24, 2.45) is 0 Å². The molecule has 3 aromatic rings. The Morgan fingerprint density at radius 1 is 0.727 bits per heavy atom. The Labute approximate surface area is 131 Å². The molecule has 0 aliphatic rings. The fraction of sp³-hybridized carbons (Fsp3) is 0.100. The molecule has 0 saturated heterocycles. The summed E-state index contributed by atoms with van der Waals surface area (Å²) in [5, 5.41) is 9.13. The number of rotatable bonds is 4. The van der Waals surface area contributed by atoms with E-state index in [4.69, 9.17) is 5.11 Å². The second-order valence-electron chi connectivity index (χ2n) is 5.30. The van der Waals surface area contributed by atoms with E-state index in [1.165, 1.54) is 11.1 Å². The maximum Gasteiger partial charge on any atom is 0.0681 e. The van der Waals surface area contributed by atoms with Crippen LogP contribution in [0.2, 0.25) is 0 Å². The molecule has 2 nitrogen and oxygen atoms in total. The normalized spacial score (nSPS) is 10.5. The van der Waals surface area contributed by atoms with Gasteiger partial charge in [-0.3, -0.25) is 0 Å². The number of benzene rings is 3. The largest absolute Gasteiger partial charge is 0.392 e. The molecule has 0 aliphatic carbocycles. The van der Waals surface area contributed by atoms with Gasteiger partial charge in [-0.15, -0.1) is 0 Å². The molecule has 1 N–H and O–H groups in total. The van der Waals surface area contributed by atoms with Crippen molar-refractivity contribution in [3.8, 4) is 11.1 Å². The standard InChI is InChI=1S/C20H19NO/c1-21(19-12-10-16(15-22)11-13-19)20-9-5-8-18(14-20)17-6-3-2-4-7-17/h2-14,22H,15H2,1H3. The zero-order chi connectivity index (χ0) is 15.4. The molecule has 0 aromatic heterocycles. The molecule has 0 saturated carbocycles. The smallest absolute Gasteiger partial charge is 0.0681 e. The van der Waals surface area contributed by atoms with Crippen molar-refractivity contribution in [3.05, 3.63) is 84.4 Å². The predicted octanol–water partition coefficient (Wildman–Crippen LogP) is 4.61. The second-order valence-corrected chi connectivity index (χ2v) is 5.30. The van der Waals surface area contributed by atoms with E-state index < -0.39 is 0 Å². The lowest BCUT2D eigenvalue weighted by molar-refractivity contribution is 0.282. The van der Waals surface area contributed by atoms with E-state index in [1.807, 2.05) is 30.3 Å². The molecule has 0 spiro atoms. The van der Waals surface area contributed by atoms with Gasteiger partial charge < -0.3 is 10.0 Å². The molecular weight excluding hydrogens is 270 g/mol. The van der Waals surface area contributed by atoms with E-state index in [-0.39, 0.29) is 6.61 Å². The summed E-state index contributed by atoms with van der Waals surface area (Å²) in [6.07, 6.45) is 0. The Balaban J connectivity index is 1.91. The first-order valence-electron chi connectivity index (χ1n) is 7.37. The van der Waals surface area contributed by atoms with E-state index in [2.05, 4.69) is 60.5 Å². The third-order valence-corrected chi connectivity index (χ3v) is 3.85. The molecule has 3 aromatic carbocycles. The average Bonchev–Trinajstić information content (AvgIpc) is 2.62. The molecule has 110 valence electrons. The van der Waals surface area contributed by atoms with Crippen LogP contribution in [0, 0.1) is 0 Å². The van der Waals surface area contributed by atoms with E-state index in [0.29, 0.717) is 0 Å². The van der Waals surface area contributed by atoms with Crippen LogP contribution in [0.25, 0.3) is 11.1 Å². The maximum absolute atomic E-state index is 9.13. The summed E-state index contributed by atoms with van der Waals surface area (Å²) in [7, 11) is 2.05. The lowest BCUT2D eigenvalue weighted by Crippen LogP contribution is -2.09. The molecule has 2 heteroatoms. The van der Waals surface area contributed by atoms with Gasteiger partial charge in [0.15, 0.2) is 0 Å². The highest BCUT2D eigenvalue weighted by molar-refractivity contribution is 5.71. The summed E-state index contributed by atoms with van der Waals surface area (Å²) in [6, 6.07) is 26.8. The highest BCUT2D eigenvalue weighted by Crippen LogP contribution is 2.28. The molecule has 0 fully saturated rings. The van der Waals surface area contributed by atoms with Crippen molar-refractivity contribution < 1.29 is 5.11 Å². The van der Waals surface area contributed by atoms with Crippen LogP contribution in [-0.2, 0) is 6.61 Å². The number of aliphatic hydroxyl groups is 1. The molecular formula is C20H19NO. The van der Waals surface area contributed by atoms with Gasteiger partial charge in [0.05, 0.1) is 6.61 Å². The lowest BCUT2D eigenvalue weighted by Gasteiger charge is -2.20. The van der Waals surface area contributed by atoms with Crippen LogP contribution in [0.3, 0.4) is 0 Å². The summed E-state index contributed by atoms with van der Waals surface area (Å²) in [4.78, 5) is 2.15. The van der Waals surface area contributed by atoms with Gasteiger partial charge in [-0.25, -0.2) is 0 Å². The van der Waals surface area contributed by atoms with Crippen molar-refractivity contribution in [1.29, 1.82) is 0 Å². The quantitative estimate of drug-likeness (QED) is 0.758. The fourth-order valence-electron chi connectivity index (χ4n) is 2.50. The van der Waals surface area contributed by atoms with E-state index in [0.717, 1.165) is 16.9 Å². The average molecular weight is 289 g/mol. The zero-order valence-electron chi connectivity index (χ0n) is 12.6. The van der Waals surface area contributed by atoms with Crippen LogP contribution in [0.1, 0.15) is 5.56 Å². The molecule has 0 aliphatic heterocycles. The van der Waals surface area contributed by atoms with Crippen molar-refractivity contribution >= 4 is 11.4 Å². The monoisotopic (exact) mass is 289 g/mol. The third kappa shape index (κ3) is 3.02. The van der Waals surface area contributed by atoms with Crippen LogP contribution >= 0.6 is 0 Å². The van der Waals surface area contributed by atoms with Gasteiger partial charge in [0, 0.05) is 18.4 Å². The van der Waals surface area contributed by atoms with Gasteiger partial charge in [0.1, 0.15) is 0 Å². The van der Waals surface area contributed by atoms with Crippen molar-refractivity contribution in [2.75, 3.05) is 11.9 Å². The molecule has 0 unspecified atom stereocenters. The topological polar surface area (TPSA) is 23.5 Å². The first-order chi connectivity index (χ1) is 10.8. The van der Waals surface area contributed by atoms with Crippen molar-refractivity contribution in [1.82, 2.24) is 0 Å². The Hall–Kier alpha value is -2.58. The van der Waals surface area contributed by atoms with Crippen molar-refractivity contribution in [3.63, 3.8) is 0 Å². The van der Waals surface area contributed by atoms with E-state index in [1.54, 1.807) is 0 Å². The van der Waals surface area contributed by atoms with Crippen LogP contribution in [-0.4, -0.2) is 12.2 Å². The van der Waals surface area contributed by atoms with Crippen LogP contribution in [0.15, 0.2) is 78.9 Å². The predicted molar refractivity (Wildman–Crippen MR) is 92.3 cm³/mol. The molecule has 0 radical (unpaired) electrons. The Bertz CT molecular complexity index is 735. The summed E-state index contributed by atoms with van der Waals surface area (Å²) in [5.41, 5.74) is 5.58. The number of nitrogens with zero attached hydrogens (tertiary/aromatic N) is 1. The highest BCUT2D eigenvalue weighted by atomic mass is 16.3. The Morgan fingerprint density at radius 2 is 1.41 bits per heavy atom. The van der Waals surface area contributed by atoms with Gasteiger partial charge in [-0.2, -0.15) is 0 Å². The zero-order valence-corrected chi connectivity index (χ0v) is 12.6. The van der Waals surface area contributed by atoms with Crippen LogP contribution in [0.5, 0.6) is 0 Å². The van der Waals surface area contributed by atoms with Gasteiger partial charge in [-0.1, -0.05) is 54.6 Å². The SMILES string of the molecule is CN(c1ccc(CO)cc1)c1cccc(-c2ccccc2)c1. The minimum atomic E-state index is 0.0769. The molecule has 3 rings (SSSR count). The third-order valence-electron chi connectivity index (χ3n) is 3.85. The van der Waals surface area contributed by atoms with Gasteiger partial charge in [0.25, 0.3) is 0 Å². The van der Waals surface area contributed by atoms with Gasteiger partial charge >= 0.3 is 0 Å². The van der Waals surface area contributed by atoms with Gasteiger partial charge in [0.2, 0.25) is 0 Å². The minimum absolute atomic E-state index is 0.0769. The molecule has 22 heavy (non-hydrogen) atoms.